The number of amides is 2. The minimum absolute atomic E-state index is 0.0367. The Balaban J connectivity index is 1.45. The fourth-order valence-corrected chi connectivity index (χ4v) is 4.58. The number of halogens is 2. The van der Waals surface area contributed by atoms with Gasteiger partial charge in [0, 0.05) is 36.1 Å². The van der Waals surface area contributed by atoms with Crippen LogP contribution in [0.3, 0.4) is 0 Å². The molecule has 0 aliphatic rings. The van der Waals surface area contributed by atoms with Gasteiger partial charge in [0.15, 0.2) is 0 Å². The van der Waals surface area contributed by atoms with E-state index in [1.807, 2.05) is 37.3 Å². The Morgan fingerprint density at radius 2 is 1.69 bits per heavy atom. The summed E-state index contributed by atoms with van der Waals surface area (Å²) >= 11 is 6.48. The Morgan fingerprint density at radius 1 is 0.976 bits per heavy atom. The van der Waals surface area contributed by atoms with Crippen molar-refractivity contribution in [1.82, 2.24) is 35.4 Å². The number of aromatic nitrogens is 5. The summed E-state index contributed by atoms with van der Waals surface area (Å²) in [6.45, 7) is 1.89. The minimum Gasteiger partial charge on any atom is -0.350 e. The van der Waals surface area contributed by atoms with Crippen molar-refractivity contribution in [1.29, 1.82) is 0 Å². The van der Waals surface area contributed by atoms with Crippen molar-refractivity contribution in [2.45, 2.75) is 32.6 Å². The van der Waals surface area contributed by atoms with Crippen molar-refractivity contribution in [2.75, 3.05) is 0 Å². The normalized spacial score (nSPS) is 11.6. The molecule has 9 nitrogen and oxygen atoms in total. The molecule has 2 aromatic heterocycles. The first-order valence-electron chi connectivity index (χ1n) is 13.2. The maximum atomic E-state index is 14.0. The second-order valence-corrected chi connectivity index (χ2v) is 10.1. The van der Waals surface area contributed by atoms with Crippen molar-refractivity contribution in [3.63, 3.8) is 0 Å². The molecule has 5 aromatic rings. The second-order valence-electron chi connectivity index (χ2n) is 9.65. The number of nitrogens with zero attached hydrogens (tertiary/aromatic N) is 6. The van der Waals surface area contributed by atoms with Gasteiger partial charge < -0.3 is 10.2 Å². The highest BCUT2D eigenvalue weighted by molar-refractivity contribution is 6.31. The summed E-state index contributed by atoms with van der Waals surface area (Å²) in [6, 6.07) is 22.9. The predicted molar refractivity (Wildman–Crippen MR) is 155 cm³/mol. The molecule has 0 saturated carbocycles. The number of benzene rings is 3. The summed E-state index contributed by atoms with van der Waals surface area (Å²) in [5.41, 5.74) is 3.77. The van der Waals surface area contributed by atoms with Gasteiger partial charge >= 0.3 is 0 Å². The minimum atomic E-state index is -1.04. The molecule has 212 valence electrons. The first-order valence-corrected chi connectivity index (χ1v) is 13.5. The Morgan fingerprint density at radius 3 is 2.40 bits per heavy atom. The number of rotatable bonds is 10. The fraction of sp³-hybridized carbons (Fsp3) is 0.161. The number of aryl methyl sites for hydroxylation is 1. The van der Waals surface area contributed by atoms with Crippen LogP contribution < -0.4 is 5.32 Å². The molecule has 42 heavy (non-hydrogen) atoms. The van der Waals surface area contributed by atoms with Crippen LogP contribution in [0.4, 0.5) is 4.39 Å². The number of hydrogen-bond donors (Lipinski definition) is 1. The molecule has 0 fully saturated rings. The smallest absolute Gasteiger partial charge is 0.247 e. The van der Waals surface area contributed by atoms with Crippen LogP contribution in [0.25, 0.3) is 11.4 Å². The SMILES string of the molecule is Cc1ccc(-c2nnn(CC(=O)N(Cc3ccccc3Cl)[C@H](C(=O)NCc3ccc(F)cc3)c3ccncc3)n2)cc1. The molecule has 1 N–H and O–H groups in total. The molecule has 0 aliphatic heterocycles. The van der Waals surface area contributed by atoms with Gasteiger partial charge in [-0.15, -0.1) is 10.2 Å². The zero-order valence-electron chi connectivity index (χ0n) is 22.7. The molecule has 0 unspecified atom stereocenters. The number of carbonyl (C=O) groups excluding carboxylic acids is 2. The van der Waals surface area contributed by atoms with Gasteiger partial charge in [0.25, 0.3) is 0 Å². The van der Waals surface area contributed by atoms with Gasteiger partial charge in [-0.2, -0.15) is 4.80 Å². The highest BCUT2D eigenvalue weighted by Crippen LogP contribution is 2.27. The van der Waals surface area contributed by atoms with Crippen LogP contribution in [-0.2, 0) is 29.2 Å². The zero-order valence-corrected chi connectivity index (χ0v) is 23.4. The van der Waals surface area contributed by atoms with Gasteiger partial charge in [0.1, 0.15) is 18.4 Å². The largest absolute Gasteiger partial charge is 0.350 e. The lowest BCUT2D eigenvalue weighted by molar-refractivity contribution is -0.142. The first-order chi connectivity index (χ1) is 20.4. The van der Waals surface area contributed by atoms with Gasteiger partial charge in [0.2, 0.25) is 17.6 Å². The summed E-state index contributed by atoms with van der Waals surface area (Å²) in [7, 11) is 0. The Labute approximate surface area is 247 Å². The lowest BCUT2D eigenvalue weighted by Gasteiger charge is -2.31. The van der Waals surface area contributed by atoms with E-state index in [1.54, 1.807) is 54.9 Å². The Bertz CT molecular complexity index is 1660. The van der Waals surface area contributed by atoms with E-state index in [1.165, 1.54) is 21.8 Å². The average molecular weight is 584 g/mol. The van der Waals surface area contributed by atoms with E-state index in [9.17, 15) is 14.0 Å². The molecule has 5 rings (SSSR count). The van der Waals surface area contributed by atoms with E-state index < -0.39 is 17.9 Å². The molecule has 0 bridgehead atoms. The third-order valence-electron chi connectivity index (χ3n) is 6.62. The summed E-state index contributed by atoms with van der Waals surface area (Å²) in [4.78, 5) is 34.5. The van der Waals surface area contributed by atoms with Crippen molar-refractivity contribution in [3.8, 4) is 11.4 Å². The third-order valence-corrected chi connectivity index (χ3v) is 6.99. The lowest BCUT2D eigenvalue weighted by atomic mass is 10.0. The second kappa shape index (κ2) is 13.1. The monoisotopic (exact) mass is 583 g/mol. The van der Waals surface area contributed by atoms with Crippen LogP contribution in [0, 0.1) is 12.7 Å². The number of pyridine rings is 1. The van der Waals surface area contributed by atoms with Gasteiger partial charge in [-0.1, -0.05) is 71.8 Å². The zero-order chi connectivity index (χ0) is 29.5. The Kier molecular flexibility index (Phi) is 8.93. The summed E-state index contributed by atoms with van der Waals surface area (Å²) in [5.74, 6) is -0.856. The number of tetrazole rings is 1. The predicted octanol–water partition coefficient (Wildman–Crippen LogP) is 4.92. The quantitative estimate of drug-likeness (QED) is 0.250. The van der Waals surface area contributed by atoms with Crippen LogP contribution in [0.5, 0.6) is 0 Å². The molecule has 3 aromatic carbocycles. The van der Waals surface area contributed by atoms with Crippen LogP contribution >= 0.6 is 11.6 Å². The maximum absolute atomic E-state index is 14.0. The molecule has 0 radical (unpaired) electrons. The molecule has 2 heterocycles. The molecule has 2 amide bonds. The number of nitrogens with one attached hydrogen (secondary N) is 1. The van der Waals surface area contributed by atoms with Gasteiger partial charge in [-0.25, -0.2) is 4.39 Å². The highest BCUT2D eigenvalue weighted by atomic mass is 35.5. The molecule has 1 atom stereocenters. The van der Waals surface area contributed by atoms with Crippen molar-refractivity contribution >= 4 is 23.4 Å². The standard InChI is InChI=1S/C31H27ClFN7O2/c1-21-6-10-24(11-7-21)30-36-38-40(37-30)20-28(41)39(19-25-4-2-3-5-27(25)32)29(23-14-16-34-17-15-23)31(42)35-18-22-8-12-26(33)13-9-22/h2-17,29H,18-20H2,1H3,(H,35,42)/t29-/m0/s1. The van der Waals surface area contributed by atoms with Crippen LogP contribution in [-0.4, -0.2) is 41.9 Å². The molecular formula is C31H27ClFN7O2. The fourth-order valence-electron chi connectivity index (χ4n) is 4.38. The summed E-state index contributed by atoms with van der Waals surface area (Å²) in [6.07, 6.45) is 3.11. The molecule has 0 saturated heterocycles. The van der Waals surface area contributed by atoms with Crippen molar-refractivity contribution < 1.29 is 14.0 Å². The lowest BCUT2D eigenvalue weighted by Crippen LogP contribution is -2.44. The Hall–Kier alpha value is -4.96. The van der Waals surface area contributed by atoms with E-state index in [-0.39, 0.29) is 25.5 Å². The van der Waals surface area contributed by atoms with E-state index in [0.29, 0.717) is 27.5 Å². The third kappa shape index (κ3) is 7.02. The van der Waals surface area contributed by atoms with Crippen molar-refractivity contribution in [2.24, 2.45) is 0 Å². The van der Waals surface area contributed by atoms with Crippen molar-refractivity contribution in [3.05, 3.63) is 130 Å². The topological polar surface area (TPSA) is 106 Å². The summed E-state index contributed by atoms with van der Waals surface area (Å²) in [5, 5.41) is 15.9. The van der Waals surface area contributed by atoms with Gasteiger partial charge in [-0.05, 0) is 59.2 Å². The van der Waals surface area contributed by atoms with Crippen LogP contribution in [0.1, 0.15) is 28.3 Å². The molecule has 0 aliphatic carbocycles. The van der Waals surface area contributed by atoms with E-state index in [0.717, 1.165) is 11.1 Å². The number of carbonyl (C=O) groups is 2. The van der Waals surface area contributed by atoms with Gasteiger partial charge in [0.05, 0.1) is 0 Å². The number of hydrogen-bond acceptors (Lipinski definition) is 6. The highest BCUT2D eigenvalue weighted by Gasteiger charge is 2.32. The molecular weight excluding hydrogens is 557 g/mol. The van der Waals surface area contributed by atoms with Crippen LogP contribution in [0.2, 0.25) is 5.02 Å². The van der Waals surface area contributed by atoms with Crippen LogP contribution in [0.15, 0.2) is 97.3 Å². The molecule has 0 spiro atoms. The molecule has 11 heteroatoms. The maximum Gasteiger partial charge on any atom is 0.247 e. The average Bonchev–Trinajstić information content (AvgIpc) is 3.46. The van der Waals surface area contributed by atoms with E-state index >= 15 is 0 Å². The first kappa shape index (κ1) is 28.6. The van der Waals surface area contributed by atoms with Gasteiger partial charge in [-0.3, -0.25) is 14.6 Å². The van der Waals surface area contributed by atoms with E-state index in [2.05, 4.69) is 25.7 Å². The van der Waals surface area contributed by atoms with E-state index in [4.69, 9.17) is 11.6 Å². The summed E-state index contributed by atoms with van der Waals surface area (Å²) < 4.78 is 13.4.